The molecule has 2 aliphatic heterocycles. The number of benzene rings is 1. The summed E-state index contributed by atoms with van der Waals surface area (Å²) in [6.07, 6.45) is 2.89. The topological polar surface area (TPSA) is 73.9 Å². The van der Waals surface area contributed by atoms with Crippen LogP contribution in [0.1, 0.15) is 54.5 Å². The Kier molecular flexibility index (Phi) is 5.89. The van der Waals surface area contributed by atoms with Crippen molar-refractivity contribution >= 4 is 17.4 Å². The molecule has 0 radical (unpaired) electrons. The van der Waals surface area contributed by atoms with Crippen LogP contribution < -0.4 is 4.90 Å². The quantitative estimate of drug-likeness (QED) is 0.485. The third-order valence-corrected chi connectivity index (χ3v) is 7.67. The van der Waals surface area contributed by atoms with Gasteiger partial charge < -0.3 is 4.90 Å². The molecule has 1 saturated carbocycles. The number of hydrogen-bond acceptors (Lipinski definition) is 6. The van der Waals surface area contributed by atoms with Crippen LogP contribution in [0.4, 0.5) is 14.6 Å². The van der Waals surface area contributed by atoms with E-state index in [9.17, 15) is 8.78 Å². The molecule has 0 unspecified atom stereocenters. The van der Waals surface area contributed by atoms with Crippen molar-refractivity contribution in [2.24, 2.45) is 5.92 Å². The lowest BCUT2D eigenvalue weighted by atomic mass is 9.95. The van der Waals surface area contributed by atoms with Crippen molar-refractivity contribution < 1.29 is 8.78 Å². The Balaban J connectivity index is 1.27. The van der Waals surface area contributed by atoms with E-state index in [2.05, 4.69) is 30.7 Å². The number of anilines is 1. The first kappa shape index (κ1) is 23.3. The average Bonchev–Trinajstić information content (AvgIpc) is 3.68. The van der Waals surface area contributed by atoms with E-state index in [0.717, 1.165) is 48.8 Å². The van der Waals surface area contributed by atoms with Gasteiger partial charge in [0, 0.05) is 36.5 Å². The summed E-state index contributed by atoms with van der Waals surface area (Å²) in [5.74, 6) is -0.697. The summed E-state index contributed by atoms with van der Waals surface area (Å²) in [5, 5.41) is 18.8. The fraction of sp³-hybridized carbons (Fsp3) is 0.462. The number of pyridine rings is 1. The van der Waals surface area contributed by atoms with E-state index in [0.29, 0.717) is 42.5 Å². The minimum Gasteiger partial charge on any atom is -0.357 e. The third kappa shape index (κ3) is 4.44. The lowest BCUT2D eigenvalue weighted by Gasteiger charge is -2.32. The van der Waals surface area contributed by atoms with Crippen molar-refractivity contribution in [1.29, 1.82) is 5.26 Å². The van der Waals surface area contributed by atoms with Gasteiger partial charge in [-0.25, -0.2) is 13.8 Å². The largest absolute Gasteiger partial charge is 0.357 e. The van der Waals surface area contributed by atoms with E-state index in [1.807, 2.05) is 30.3 Å². The fourth-order valence-electron chi connectivity index (χ4n) is 5.43. The normalized spacial score (nSPS) is 18.9. The van der Waals surface area contributed by atoms with Gasteiger partial charge in [0.1, 0.15) is 23.4 Å². The molecule has 2 fully saturated rings. The molecule has 186 valence electrons. The first-order valence-electron chi connectivity index (χ1n) is 12.4. The maximum Gasteiger partial charge on any atom is 0.263 e. The number of aromatic nitrogens is 4. The summed E-state index contributed by atoms with van der Waals surface area (Å²) in [6, 6.07) is 13.2. The van der Waals surface area contributed by atoms with Gasteiger partial charge in [-0.3, -0.25) is 9.47 Å². The first-order valence-corrected chi connectivity index (χ1v) is 12.7. The molecule has 0 amide bonds. The predicted molar refractivity (Wildman–Crippen MR) is 131 cm³/mol. The molecule has 0 bridgehead atoms. The summed E-state index contributed by atoms with van der Waals surface area (Å²) < 4.78 is 31.5. The highest BCUT2D eigenvalue weighted by atomic mass is 35.5. The maximum atomic E-state index is 14.7. The van der Waals surface area contributed by atoms with Crippen LogP contribution >= 0.6 is 11.6 Å². The SMILES string of the molecule is N#Cc1cccc(N2CCC(c3nnc4n3-c3ccc(Cl)cc3CN(CC(F)(F)C3CC3)C4)CC2)n1. The number of hydrogen-bond donors (Lipinski definition) is 0. The van der Waals surface area contributed by atoms with Crippen LogP contribution in [0.5, 0.6) is 0 Å². The zero-order valence-electron chi connectivity index (χ0n) is 19.7. The number of nitriles is 1. The van der Waals surface area contributed by atoms with Gasteiger partial charge >= 0.3 is 0 Å². The number of piperidine rings is 1. The standard InChI is InChI=1S/C26H26ClF2N7/c27-20-6-7-22-18(12-20)14-34(16-26(28,29)19-4-5-19)15-24-32-33-25(36(22)24)17-8-10-35(11-9-17)23-3-1-2-21(13-30)31-23/h1-3,6-7,12,17,19H,4-5,8-11,14-16H2. The van der Waals surface area contributed by atoms with E-state index < -0.39 is 11.8 Å². The van der Waals surface area contributed by atoms with Gasteiger partial charge in [0.25, 0.3) is 5.92 Å². The average molecular weight is 510 g/mol. The molecule has 10 heteroatoms. The van der Waals surface area contributed by atoms with Crippen molar-refractivity contribution in [3.8, 4) is 11.8 Å². The second-order valence-corrected chi connectivity index (χ2v) is 10.5. The molecule has 4 heterocycles. The summed E-state index contributed by atoms with van der Waals surface area (Å²) in [7, 11) is 0. The summed E-state index contributed by atoms with van der Waals surface area (Å²) in [6.45, 7) is 1.97. The second kappa shape index (κ2) is 9.09. The fourth-order valence-corrected chi connectivity index (χ4v) is 5.62. The Bertz CT molecular complexity index is 1320. The molecular weight excluding hydrogens is 484 g/mol. The monoisotopic (exact) mass is 509 g/mol. The van der Waals surface area contributed by atoms with Crippen LogP contribution in [0, 0.1) is 17.2 Å². The number of fused-ring (bicyclic) bond motifs is 3. The Morgan fingerprint density at radius 1 is 1.06 bits per heavy atom. The van der Waals surface area contributed by atoms with Crippen LogP contribution in [0.2, 0.25) is 5.02 Å². The first-order chi connectivity index (χ1) is 17.4. The van der Waals surface area contributed by atoms with Gasteiger partial charge in [0.2, 0.25) is 0 Å². The zero-order valence-corrected chi connectivity index (χ0v) is 20.5. The van der Waals surface area contributed by atoms with Crippen LogP contribution in [0.25, 0.3) is 5.69 Å². The van der Waals surface area contributed by atoms with Crippen molar-refractivity contribution in [2.45, 2.75) is 50.6 Å². The molecule has 1 aromatic carbocycles. The second-order valence-electron chi connectivity index (χ2n) is 10.0. The number of alkyl halides is 2. The van der Waals surface area contributed by atoms with Gasteiger partial charge in [0.05, 0.1) is 18.8 Å². The molecule has 7 nitrogen and oxygen atoms in total. The lowest BCUT2D eigenvalue weighted by Crippen LogP contribution is -2.37. The molecule has 3 aromatic rings. The molecule has 6 rings (SSSR count). The summed E-state index contributed by atoms with van der Waals surface area (Å²) in [4.78, 5) is 8.40. The molecular formula is C26H26ClF2N7. The molecule has 3 aliphatic rings. The summed E-state index contributed by atoms with van der Waals surface area (Å²) >= 11 is 6.32. The highest BCUT2D eigenvalue weighted by Gasteiger charge is 2.48. The maximum absolute atomic E-state index is 14.7. The van der Waals surface area contributed by atoms with Crippen LogP contribution in [0.3, 0.4) is 0 Å². The minimum absolute atomic E-state index is 0.171. The van der Waals surface area contributed by atoms with Crippen LogP contribution in [-0.2, 0) is 13.1 Å². The van der Waals surface area contributed by atoms with Crippen molar-refractivity contribution in [1.82, 2.24) is 24.6 Å². The van der Waals surface area contributed by atoms with E-state index >= 15 is 0 Å². The van der Waals surface area contributed by atoms with Crippen molar-refractivity contribution in [3.05, 3.63) is 64.3 Å². The summed E-state index contributed by atoms with van der Waals surface area (Å²) in [5.41, 5.74) is 2.23. The zero-order chi connectivity index (χ0) is 24.9. The van der Waals surface area contributed by atoms with Crippen LogP contribution in [0.15, 0.2) is 36.4 Å². The highest BCUT2D eigenvalue weighted by Crippen LogP contribution is 2.44. The smallest absolute Gasteiger partial charge is 0.263 e. The number of nitrogens with zero attached hydrogens (tertiary/aromatic N) is 7. The van der Waals surface area contributed by atoms with Gasteiger partial charge in [0.15, 0.2) is 5.82 Å². The molecule has 0 atom stereocenters. The molecule has 2 aromatic heterocycles. The van der Waals surface area contributed by atoms with E-state index in [4.69, 9.17) is 16.9 Å². The number of rotatable bonds is 5. The van der Waals surface area contributed by atoms with Crippen molar-refractivity contribution in [3.63, 3.8) is 0 Å². The van der Waals surface area contributed by atoms with Crippen LogP contribution in [-0.4, -0.2) is 50.2 Å². The Labute approximate surface area is 213 Å². The van der Waals surface area contributed by atoms with Crippen molar-refractivity contribution in [2.75, 3.05) is 24.5 Å². The Morgan fingerprint density at radius 3 is 2.61 bits per heavy atom. The number of halogens is 3. The molecule has 0 spiro atoms. The highest BCUT2D eigenvalue weighted by molar-refractivity contribution is 6.30. The molecule has 1 saturated heterocycles. The third-order valence-electron chi connectivity index (χ3n) is 7.44. The predicted octanol–water partition coefficient (Wildman–Crippen LogP) is 4.93. The van der Waals surface area contributed by atoms with Gasteiger partial charge in [-0.15, -0.1) is 10.2 Å². The van der Waals surface area contributed by atoms with E-state index in [1.165, 1.54) is 0 Å². The Hall–Kier alpha value is -3.09. The van der Waals surface area contributed by atoms with Gasteiger partial charge in [-0.05, 0) is 61.6 Å². The minimum atomic E-state index is -2.71. The van der Waals surface area contributed by atoms with E-state index in [-0.39, 0.29) is 12.5 Å². The lowest BCUT2D eigenvalue weighted by molar-refractivity contribution is -0.0558. The van der Waals surface area contributed by atoms with Gasteiger partial charge in [-0.1, -0.05) is 17.7 Å². The molecule has 36 heavy (non-hydrogen) atoms. The van der Waals surface area contributed by atoms with Gasteiger partial charge in [-0.2, -0.15) is 5.26 Å². The molecule has 1 aliphatic carbocycles. The molecule has 0 N–H and O–H groups in total. The Morgan fingerprint density at radius 2 is 1.86 bits per heavy atom. The van der Waals surface area contributed by atoms with E-state index in [1.54, 1.807) is 11.0 Å².